The van der Waals surface area contributed by atoms with Crippen molar-refractivity contribution in [3.63, 3.8) is 0 Å². The van der Waals surface area contributed by atoms with Crippen LogP contribution >= 0.6 is 11.6 Å². The lowest BCUT2D eigenvalue weighted by Gasteiger charge is -2.12. The molecule has 4 rings (SSSR count). The van der Waals surface area contributed by atoms with E-state index in [0.29, 0.717) is 29.9 Å². The van der Waals surface area contributed by atoms with Crippen molar-refractivity contribution in [2.45, 2.75) is 33.5 Å². The standard InChI is InChI=1S/C22H27ClN8O2/c1-14-12-26-16(15(2)18(14)33-3)13-31-20-17(19(23)27-21(24)28-20)30(22(31)32)11-7-25-6-10-29-8-4-5-9-29/h4-5,8-9,12,25H,6-7,10-11,13H2,1-3H3,(H2,24,27,28). The van der Waals surface area contributed by atoms with Gasteiger partial charge in [-0.05, 0) is 26.0 Å². The molecular formula is C22H27ClN8O2. The predicted octanol–water partition coefficient (Wildman–Crippen LogP) is 1.99. The summed E-state index contributed by atoms with van der Waals surface area (Å²) in [6, 6.07) is 3.98. The monoisotopic (exact) mass is 470 g/mol. The summed E-state index contributed by atoms with van der Waals surface area (Å²) in [6.45, 7) is 6.65. The molecule has 3 N–H and O–H groups in total. The molecule has 0 fully saturated rings. The minimum absolute atomic E-state index is 0.00872. The van der Waals surface area contributed by atoms with E-state index in [1.165, 1.54) is 4.57 Å². The van der Waals surface area contributed by atoms with Gasteiger partial charge in [-0.1, -0.05) is 11.6 Å². The third kappa shape index (κ3) is 4.57. The Bertz CT molecular complexity index is 1330. The van der Waals surface area contributed by atoms with Crippen LogP contribution < -0.4 is 21.5 Å². The fourth-order valence-electron chi connectivity index (χ4n) is 3.96. The van der Waals surface area contributed by atoms with Gasteiger partial charge in [0.05, 0.1) is 19.3 Å². The topological polar surface area (TPSA) is 118 Å². The molecule has 0 aliphatic rings. The maximum absolute atomic E-state index is 13.4. The van der Waals surface area contributed by atoms with Gasteiger partial charge in [0.2, 0.25) is 5.95 Å². The SMILES string of the molecule is COc1c(C)cnc(Cn2c(=O)n(CCNCCn3cccc3)c3c(Cl)nc(N)nc32)c1C. The van der Waals surface area contributed by atoms with Crippen molar-refractivity contribution in [1.29, 1.82) is 0 Å². The Morgan fingerprint density at radius 2 is 1.85 bits per heavy atom. The smallest absolute Gasteiger partial charge is 0.330 e. The third-order valence-corrected chi connectivity index (χ3v) is 5.87. The number of methoxy groups -OCH3 is 1. The summed E-state index contributed by atoms with van der Waals surface area (Å²) >= 11 is 6.40. The average molecular weight is 471 g/mol. The molecule has 174 valence electrons. The second-order valence-electron chi connectivity index (χ2n) is 7.78. The van der Waals surface area contributed by atoms with E-state index >= 15 is 0 Å². The van der Waals surface area contributed by atoms with Crippen molar-refractivity contribution in [2.24, 2.45) is 0 Å². The molecule has 0 saturated heterocycles. The molecule has 10 nitrogen and oxygen atoms in total. The number of rotatable bonds is 9. The van der Waals surface area contributed by atoms with Gasteiger partial charge in [0.25, 0.3) is 0 Å². The molecule has 0 bridgehead atoms. The van der Waals surface area contributed by atoms with Crippen LogP contribution in [-0.4, -0.2) is 48.9 Å². The van der Waals surface area contributed by atoms with Gasteiger partial charge >= 0.3 is 5.69 Å². The number of nitrogens with two attached hydrogens (primary N) is 1. The largest absolute Gasteiger partial charge is 0.496 e. The predicted molar refractivity (Wildman–Crippen MR) is 128 cm³/mol. The maximum atomic E-state index is 13.4. The number of nitrogens with zero attached hydrogens (tertiary/aromatic N) is 6. The van der Waals surface area contributed by atoms with Gasteiger partial charge in [-0.3, -0.25) is 14.1 Å². The summed E-state index contributed by atoms with van der Waals surface area (Å²) in [5, 5.41) is 3.50. The van der Waals surface area contributed by atoms with Crippen LogP contribution in [0.4, 0.5) is 5.95 Å². The molecule has 0 unspecified atom stereocenters. The number of nitrogen functional groups attached to an aromatic ring is 1. The minimum Gasteiger partial charge on any atom is -0.496 e. The Labute approximate surface area is 196 Å². The highest BCUT2D eigenvalue weighted by Gasteiger charge is 2.21. The van der Waals surface area contributed by atoms with Crippen LogP contribution in [0.15, 0.2) is 35.5 Å². The highest BCUT2D eigenvalue weighted by atomic mass is 35.5. The molecule has 0 spiro atoms. The van der Waals surface area contributed by atoms with Crippen LogP contribution in [0.3, 0.4) is 0 Å². The first kappa shape index (κ1) is 22.8. The molecule has 4 heterocycles. The molecule has 0 saturated carbocycles. The number of fused-ring (bicyclic) bond motifs is 1. The fraction of sp³-hybridized carbons (Fsp3) is 0.364. The van der Waals surface area contributed by atoms with Gasteiger partial charge in [0.15, 0.2) is 10.8 Å². The molecule has 0 aliphatic carbocycles. The lowest BCUT2D eigenvalue weighted by atomic mass is 10.1. The molecule has 4 aromatic rings. The lowest BCUT2D eigenvalue weighted by Crippen LogP contribution is -2.30. The molecule has 0 amide bonds. The number of nitrogens with one attached hydrogen (secondary N) is 1. The number of halogens is 1. The zero-order valence-electron chi connectivity index (χ0n) is 18.9. The zero-order chi connectivity index (χ0) is 23.5. The Kier molecular flexibility index (Phi) is 6.66. The second kappa shape index (κ2) is 9.63. The van der Waals surface area contributed by atoms with E-state index in [0.717, 1.165) is 30.0 Å². The van der Waals surface area contributed by atoms with Gasteiger partial charge < -0.3 is 20.4 Å². The molecule has 0 atom stereocenters. The summed E-state index contributed by atoms with van der Waals surface area (Å²) in [5.41, 5.74) is 8.93. The van der Waals surface area contributed by atoms with Crippen molar-refractivity contribution >= 4 is 28.7 Å². The molecule has 11 heteroatoms. The van der Waals surface area contributed by atoms with Crippen molar-refractivity contribution in [3.8, 4) is 5.75 Å². The summed E-state index contributed by atoms with van der Waals surface area (Å²) in [4.78, 5) is 26.3. The highest BCUT2D eigenvalue weighted by Crippen LogP contribution is 2.26. The number of hydrogen-bond donors (Lipinski definition) is 2. The Morgan fingerprint density at radius 3 is 2.58 bits per heavy atom. The zero-order valence-corrected chi connectivity index (χ0v) is 19.6. The van der Waals surface area contributed by atoms with Crippen LogP contribution in [0.25, 0.3) is 11.2 Å². The fourth-order valence-corrected chi connectivity index (χ4v) is 4.23. The molecule has 33 heavy (non-hydrogen) atoms. The molecule has 0 aliphatic heterocycles. The second-order valence-corrected chi connectivity index (χ2v) is 8.14. The molecule has 0 aromatic carbocycles. The summed E-state index contributed by atoms with van der Waals surface area (Å²) in [5.74, 6) is 0.755. The number of imidazole rings is 1. The minimum atomic E-state index is -0.250. The van der Waals surface area contributed by atoms with Crippen LogP contribution in [-0.2, 0) is 19.6 Å². The van der Waals surface area contributed by atoms with Gasteiger partial charge in [-0.25, -0.2) is 4.79 Å². The first-order valence-corrected chi connectivity index (χ1v) is 11.0. The molecule has 4 aromatic heterocycles. The van der Waals surface area contributed by atoms with Crippen molar-refractivity contribution in [2.75, 3.05) is 25.9 Å². The summed E-state index contributed by atoms with van der Waals surface area (Å²) < 4.78 is 10.7. The van der Waals surface area contributed by atoms with E-state index in [1.807, 2.05) is 38.4 Å². The quantitative estimate of drug-likeness (QED) is 0.283. The van der Waals surface area contributed by atoms with Crippen LogP contribution in [0.5, 0.6) is 5.75 Å². The van der Waals surface area contributed by atoms with E-state index < -0.39 is 0 Å². The van der Waals surface area contributed by atoms with E-state index in [4.69, 9.17) is 22.1 Å². The normalized spacial score (nSPS) is 11.4. The van der Waals surface area contributed by atoms with E-state index in [2.05, 4.69) is 24.8 Å². The van der Waals surface area contributed by atoms with Gasteiger partial charge in [0, 0.05) is 55.9 Å². The van der Waals surface area contributed by atoms with Crippen LogP contribution in [0, 0.1) is 13.8 Å². The summed E-state index contributed by atoms with van der Waals surface area (Å²) in [7, 11) is 1.62. The van der Waals surface area contributed by atoms with E-state index in [1.54, 1.807) is 17.9 Å². The van der Waals surface area contributed by atoms with E-state index in [-0.39, 0.29) is 23.3 Å². The Balaban J connectivity index is 1.63. The van der Waals surface area contributed by atoms with Gasteiger partial charge in [0.1, 0.15) is 11.3 Å². The number of ether oxygens (including phenoxy) is 1. The highest BCUT2D eigenvalue weighted by molar-refractivity contribution is 6.33. The number of pyridine rings is 1. The first-order valence-electron chi connectivity index (χ1n) is 10.6. The maximum Gasteiger partial charge on any atom is 0.330 e. The number of anilines is 1. The Morgan fingerprint density at radius 1 is 1.12 bits per heavy atom. The van der Waals surface area contributed by atoms with Crippen LogP contribution in [0.1, 0.15) is 16.8 Å². The number of hydrogen-bond acceptors (Lipinski definition) is 7. The average Bonchev–Trinajstić information content (AvgIpc) is 3.38. The molecule has 0 radical (unpaired) electrons. The summed E-state index contributed by atoms with van der Waals surface area (Å²) in [6.07, 6.45) is 5.76. The Hall–Kier alpha value is -3.37. The van der Waals surface area contributed by atoms with Crippen molar-refractivity contribution in [3.05, 3.63) is 63.2 Å². The third-order valence-electron chi connectivity index (χ3n) is 5.61. The first-order chi connectivity index (χ1) is 15.9. The van der Waals surface area contributed by atoms with Crippen molar-refractivity contribution < 1.29 is 4.74 Å². The van der Waals surface area contributed by atoms with Crippen LogP contribution in [0.2, 0.25) is 5.15 Å². The number of aryl methyl sites for hydroxylation is 1. The lowest BCUT2D eigenvalue weighted by molar-refractivity contribution is 0.406. The molecular weight excluding hydrogens is 444 g/mol. The van der Waals surface area contributed by atoms with E-state index in [9.17, 15) is 4.79 Å². The number of aromatic nitrogens is 6. The van der Waals surface area contributed by atoms with Crippen molar-refractivity contribution in [1.82, 2.24) is 34.0 Å². The van der Waals surface area contributed by atoms with Gasteiger partial charge in [-0.2, -0.15) is 9.97 Å². The van der Waals surface area contributed by atoms with Gasteiger partial charge in [-0.15, -0.1) is 0 Å².